The van der Waals surface area contributed by atoms with Crippen molar-refractivity contribution in [3.05, 3.63) is 88.8 Å². The van der Waals surface area contributed by atoms with Gasteiger partial charge in [-0.05, 0) is 55.4 Å². The summed E-state index contributed by atoms with van der Waals surface area (Å²) in [5.74, 6) is 0.877. The Kier molecular flexibility index (Phi) is 8.97. The fraction of sp³-hybridized carbons (Fsp3) is 0.267. The average Bonchev–Trinajstić information content (AvgIpc) is 3.48. The minimum atomic E-state index is -4.63. The maximum Gasteiger partial charge on any atom is 0.417 e. The highest BCUT2D eigenvalue weighted by molar-refractivity contribution is 6.31. The molecule has 2 aromatic carbocycles. The van der Waals surface area contributed by atoms with Crippen LogP contribution in [0.5, 0.6) is 11.5 Å². The quantitative estimate of drug-likeness (QED) is 0.257. The molecular formula is C30H28ClF3N6O3. The van der Waals surface area contributed by atoms with Crippen molar-refractivity contribution in [3.63, 3.8) is 0 Å². The van der Waals surface area contributed by atoms with E-state index in [1.807, 2.05) is 13.1 Å². The summed E-state index contributed by atoms with van der Waals surface area (Å²) in [7, 11) is 2.02. The Morgan fingerprint density at radius 3 is 2.58 bits per heavy atom. The van der Waals surface area contributed by atoms with E-state index in [4.69, 9.17) is 16.3 Å². The predicted octanol–water partition coefficient (Wildman–Crippen LogP) is 5.90. The Bertz CT molecular complexity index is 1620. The number of benzene rings is 2. The van der Waals surface area contributed by atoms with Crippen molar-refractivity contribution in [1.29, 1.82) is 0 Å². The van der Waals surface area contributed by atoms with Gasteiger partial charge in [0.25, 0.3) is 5.91 Å². The molecule has 0 aliphatic carbocycles. The van der Waals surface area contributed by atoms with Gasteiger partial charge in [0, 0.05) is 56.7 Å². The Morgan fingerprint density at radius 1 is 1.05 bits per heavy atom. The molecule has 1 fully saturated rings. The summed E-state index contributed by atoms with van der Waals surface area (Å²) >= 11 is 5.65. The number of likely N-dealkylation sites (N-methyl/N-ethyl adjacent to an activating group) is 1. The summed E-state index contributed by atoms with van der Waals surface area (Å²) in [6.45, 7) is 2.92. The number of aryl methyl sites for hydroxylation is 1. The molecule has 0 unspecified atom stereocenters. The van der Waals surface area contributed by atoms with Gasteiger partial charge in [-0.25, -0.2) is 4.98 Å². The van der Waals surface area contributed by atoms with E-state index in [-0.39, 0.29) is 18.0 Å². The van der Waals surface area contributed by atoms with Crippen molar-refractivity contribution in [1.82, 2.24) is 24.8 Å². The molecule has 0 saturated carbocycles. The number of anilines is 1. The molecule has 3 heterocycles. The van der Waals surface area contributed by atoms with Gasteiger partial charge in [0.1, 0.15) is 22.9 Å². The van der Waals surface area contributed by atoms with Gasteiger partial charge >= 0.3 is 6.18 Å². The molecule has 0 bridgehead atoms. The third-order valence-electron chi connectivity index (χ3n) is 6.89. The normalized spacial score (nSPS) is 14.0. The Morgan fingerprint density at radius 2 is 1.81 bits per heavy atom. The largest absolute Gasteiger partial charge is 0.457 e. The Hall–Kier alpha value is -4.42. The first-order valence-electron chi connectivity index (χ1n) is 13.5. The lowest BCUT2D eigenvalue weighted by Crippen LogP contribution is -2.47. The first kappa shape index (κ1) is 30.1. The van der Waals surface area contributed by atoms with Crippen LogP contribution < -0.4 is 10.1 Å². The van der Waals surface area contributed by atoms with Gasteiger partial charge in [0.2, 0.25) is 5.91 Å². The molecular weight excluding hydrogens is 585 g/mol. The van der Waals surface area contributed by atoms with Gasteiger partial charge in [-0.2, -0.15) is 13.2 Å². The van der Waals surface area contributed by atoms with E-state index >= 15 is 0 Å². The van der Waals surface area contributed by atoms with Crippen LogP contribution >= 0.6 is 11.6 Å². The SMILES string of the molecule is CN1CCN(C(=O)c2c[nH]c(-c3cc(Oc4cccc(CCC(=O)Nc5ccc(Cl)c(C(F)(F)F)c5)c4)ccn3)n2)CC1. The highest BCUT2D eigenvalue weighted by Gasteiger charge is 2.33. The number of halogens is 4. The van der Waals surface area contributed by atoms with Crippen LogP contribution in [0.1, 0.15) is 28.0 Å². The van der Waals surface area contributed by atoms with E-state index in [1.165, 1.54) is 6.07 Å². The zero-order chi connectivity index (χ0) is 30.6. The number of ether oxygens (including phenoxy) is 1. The van der Waals surface area contributed by atoms with Crippen molar-refractivity contribution in [2.75, 3.05) is 38.5 Å². The Balaban J connectivity index is 1.19. The number of piperazine rings is 1. The number of hydrogen-bond acceptors (Lipinski definition) is 6. The number of aromatic amines is 1. The van der Waals surface area contributed by atoms with Crippen LogP contribution in [0, 0.1) is 0 Å². The topological polar surface area (TPSA) is 103 Å². The van der Waals surface area contributed by atoms with Crippen molar-refractivity contribution >= 4 is 29.1 Å². The van der Waals surface area contributed by atoms with Gasteiger partial charge < -0.3 is 24.8 Å². The zero-order valence-electron chi connectivity index (χ0n) is 23.1. The van der Waals surface area contributed by atoms with Crippen LogP contribution in [-0.4, -0.2) is 69.8 Å². The van der Waals surface area contributed by atoms with Crippen LogP contribution in [0.15, 0.2) is 67.0 Å². The van der Waals surface area contributed by atoms with E-state index in [1.54, 1.807) is 47.6 Å². The summed E-state index contributed by atoms with van der Waals surface area (Å²) in [5, 5.41) is 2.05. The van der Waals surface area contributed by atoms with Crippen molar-refractivity contribution in [3.8, 4) is 23.0 Å². The predicted molar refractivity (Wildman–Crippen MR) is 155 cm³/mol. The molecule has 0 radical (unpaired) electrons. The molecule has 5 rings (SSSR count). The van der Waals surface area contributed by atoms with Gasteiger partial charge in [-0.1, -0.05) is 23.7 Å². The van der Waals surface area contributed by atoms with E-state index in [0.29, 0.717) is 48.2 Å². The number of hydrogen-bond donors (Lipinski definition) is 2. The molecule has 4 aromatic rings. The summed E-state index contributed by atoms with van der Waals surface area (Å²) in [5.41, 5.74) is 0.620. The molecule has 224 valence electrons. The number of rotatable bonds is 8. The van der Waals surface area contributed by atoms with Gasteiger partial charge in [0.05, 0.1) is 10.6 Å². The summed E-state index contributed by atoms with van der Waals surface area (Å²) in [6, 6.07) is 13.8. The van der Waals surface area contributed by atoms with Crippen LogP contribution in [0.2, 0.25) is 5.02 Å². The van der Waals surface area contributed by atoms with Gasteiger partial charge in [0.15, 0.2) is 5.82 Å². The van der Waals surface area contributed by atoms with Crippen LogP contribution in [-0.2, 0) is 17.4 Å². The standard InChI is InChI=1S/C30H28ClF3N6O3/c1-39-11-13-40(14-12-39)29(42)26-18-36-28(38-26)25-17-22(9-10-35-25)43-21-4-2-3-19(15-21)5-8-27(41)37-20-6-7-24(31)23(16-20)30(32,33)34/h2-4,6-7,9-10,15-18H,5,8,11-14H2,1H3,(H,36,38)(H,37,41). The second-order valence-corrected chi connectivity index (χ2v) is 10.5. The maximum absolute atomic E-state index is 13.1. The number of H-pyrrole nitrogens is 1. The lowest BCUT2D eigenvalue weighted by molar-refractivity contribution is -0.137. The van der Waals surface area contributed by atoms with Crippen LogP contribution in [0.25, 0.3) is 11.5 Å². The number of amides is 2. The number of carbonyl (C=O) groups is 2. The van der Waals surface area contributed by atoms with E-state index in [2.05, 4.69) is 25.2 Å². The molecule has 43 heavy (non-hydrogen) atoms. The summed E-state index contributed by atoms with van der Waals surface area (Å²) in [6.07, 6.45) is -1.10. The van der Waals surface area contributed by atoms with E-state index < -0.39 is 22.7 Å². The number of nitrogens with zero attached hydrogens (tertiary/aromatic N) is 4. The third kappa shape index (κ3) is 7.70. The minimum Gasteiger partial charge on any atom is -0.457 e. The van der Waals surface area contributed by atoms with Crippen molar-refractivity contribution in [2.24, 2.45) is 0 Å². The number of alkyl halides is 3. The average molecular weight is 613 g/mol. The molecule has 2 amide bonds. The van der Waals surface area contributed by atoms with Crippen molar-refractivity contribution < 1.29 is 27.5 Å². The molecule has 1 saturated heterocycles. The molecule has 1 aliphatic heterocycles. The summed E-state index contributed by atoms with van der Waals surface area (Å²) in [4.78, 5) is 41.1. The molecule has 1 aliphatic rings. The monoisotopic (exact) mass is 612 g/mol. The second kappa shape index (κ2) is 12.8. The number of aromatic nitrogens is 3. The van der Waals surface area contributed by atoms with E-state index in [0.717, 1.165) is 30.8 Å². The fourth-order valence-electron chi connectivity index (χ4n) is 4.54. The summed E-state index contributed by atoms with van der Waals surface area (Å²) < 4.78 is 45.3. The Labute approximate surface area is 250 Å². The molecule has 0 atom stereocenters. The minimum absolute atomic E-state index is 0.0136. The number of nitrogens with one attached hydrogen (secondary N) is 2. The number of pyridine rings is 1. The second-order valence-electron chi connectivity index (χ2n) is 10.1. The molecule has 13 heteroatoms. The first-order chi connectivity index (χ1) is 20.5. The number of imidazole rings is 1. The van der Waals surface area contributed by atoms with E-state index in [9.17, 15) is 22.8 Å². The maximum atomic E-state index is 13.1. The fourth-order valence-corrected chi connectivity index (χ4v) is 4.77. The van der Waals surface area contributed by atoms with Crippen LogP contribution in [0.3, 0.4) is 0 Å². The smallest absolute Gasteiger partial charge is 0.417 e. The first-order valence-corrected chi connectivity index (χ1v) is 13.9. The zero-order valence-corrected chi connectivity index (χ0v) is 23.9. The molecule has 9 nitrogen and oxygen atoms in total. The van der Waals surface area contributed by atoms with Gasteiger partial charge in [-0.3, -0.25) is 14.6 Å². The van der Waals surface area contributed by atoms with Gasteiger partial charge in [-0.15, -0.1) is 0 Å². The third-order valence-corrected chi connectivity index (χ3v) is 7.22. The highest BCUT2D eigenvalue weighted by Crippen LogP contribution is 2.36. The molecule has 2 N–H and O–H groups in total. The number of carbonyl (C=O) groups excluding carboxylic acids is 2. The lowest BCUT2D eigenvalue weighted by Gasteiger charge is -2.31. The van der Waals surface area contributed by atoms with Crippen LogP contribution in [0.4, 0.5) is 18.9 Å². The highest BCUT2D eigenvalue weighted by atomic mass is 35.5. The van der Waals surface area contributed by atoms with Crippen molar-refractivity contribution in [2.45, 2.75) is 19.0 Å². The lowest BCUT2D eigenvalue weighted by atomic mass is 10.1. The molecule has 0 spiro atoms. The molecule has 2 aromatic heterocycles.